The summed E-state index contributed by atoms with van der Waals surface area (Å²) in [7, 11) is 1.91. The van der Waals surface area contributed by atoms with E-state index < -0.39 is 11.7 Å². The van der Waals surface area contributed by atoms with Crippen LogP contribution < -0.4 is 10.1 Å². The molecule has 0 bridgehead atoms. The number of Topliss-reactive ketones (excluding diaryl/α,β-unsaturated/α-hetero) is 1. The average molecular weight is 638 g/mol. The standard InChI is InChI=1S/C34H38Cl2N4O4/c1-18-14-24(15-19(2)32(18)36)44-13-7-8-25-26-9-10-29(35)31(30-20(3)38-39(6)21(30)4)27(26)16-28(25)33(42)37-23-11-12-40(17-23)34(43)22(5)41/h9-10,14-15,23H,7-8,11-13,16-17H2,1-6H3,(H,37,42)/t23-/m0/s1. The molecule has 0 unspecified atom stereocenters. The van der Waals surface area contributed by atoms with Gasteiger partial charge in [0.25, 0.3) is 5.91 Å². The van der Waals surface area contributed by atoms with Gasteiger partial charge in [0.15, 0.2) is 0 Å². The summed E-state index contributed by atoms with van der Waals surface area (Å²) in [6.07, 6.45) is 2.35. The number of carbonyl (C=O) groups excluding carboxylic acids is 3. The lowest BCUT2D eigenvalue weighted by Gasteiger charge is -2.17. The summed E-state index contributed by atoms with van der Waals surface area (Å²) in [5, 5.41) is 9.13. The smallest absolute Gasteiger partial charge is 0.289 e. The van der Waals surface area contributed by atoms with Gasteiger partial charge in [-0.3, -0.25) is 19.1 Å². The molecule has 3 aromatic rings. The SMILES string of the molecule is CC(=O)C(=O)N1CC[C@H](NC(=O)C2=C(CCCOc3cc(C)c(Cl)c(C)c3)c3ccc(Cl)c(-c4c(C)nn(C)c4C)c3C2)C1. The van der Waals surface area contributed by atoms with Gasteiger partial charge in [0, 0.05) is 72.0 Å². The van der Waals surface area contributed by atoms with Crippen molar-refractivity contribution in [3.8, 4) is 16.9 Å². The Hall–Kier alpha value is -3.62. The van der Waals surface area contributed by atoms with Gasteiger partial charge in [-0.1, -0.05) is 29.3 Å². The normalized spacial score (nSPS) is 16.0. The molecule has 1 aliphatic heterocycles. The number of ketones is 1. The zero-order valence-corrected chi connectivity index (χ0v) is 27.6. The Morgan fingerprint density at radius 3 is 2.41 bits per heavy atom. The number of hydrogen-bond acceptors (Lipinski definition) is 5. The van der Waals surface area contributed by atoms with Crippen LogP contribution in [0.2, 0.25) is 10.0 Å². The highest BCUT2D eigenvalue weighted by atomic mass is 35.5. The number of likely N-dealkylation sites (tertiary alicyclic amines) is 1. The lowest BCUT2D eigenvalue weighted by atomic mass is 9.93. The van der Waals surface area contributed by atoms with Gasteiger partial charge in [-0.05, 0) is 93.0 Å². The molecule has 2 heterocycles. The molecule has 2 aliphatic rings. The van der Waals surface area contributed by atoms with Gasteiger partial charge in [0.2, 0.25) is 11.7 Å². The number of benzene rings is 2. The third-order valence-corrected chi connectivity index (χ3v) is 9.61. The first kappa shape index (κ1) is 31.8. The Kier molecular flexibility index (Phi) is 9.23. The molecular formula is C34H38Cl2N4O4. The van der Waals surface area contributed by atoms with Crippen LogP contribution in [0.5, 0.6) is 5.75 Å². The number of hydrogen-bond donors (Lipinski definition) is 1. The predicted molar refractivity (Wildman–Crippen MR) is 173 cm³/mol. The molecule has 44 heavy (non-hydrogen) atoms. The topological polar surface area (TPSA) is 93.5 Å². The van der Waals surface area contributed by atoms with E-state index in [0.717, 1.165) is 61.1 Å². The number of nitrogens with zero attached hydrogens (tertiary/aromatic N) is 3. The van der Waals surface area contributed by atoms with Crippen molar-refractivity contribution in [3.63, 3.8) is 0 Å². The number of aryl methyl sites for hydroxylation is 4. The summed E-state index contributed by atoms with van der Waals surface area (Å²) in [6, 6.07) is 7.56. The van der Waals surface area contributed by atoms with Crippen molar-refractivity contribution in [1.29, 1.82) is 0 Å². The van der Waals surface area contributed by atoms with E-state index in [1.54, 1.807) is 0 Å². The van der Waals surface area contributed by atoms with Crippen LogP contribution >= 0.6 is 23.2 Å². The first-order valence-electron chi connectivity index (χ1n) is 14.9. The zero-order chi connectivity index (χ0) is 31.9. The second-order valence-electron chi connectivity index (χ2n) is 11.8. The second kappa shape index (κ2) is 12.8. The van der Waals surface area contributed by atoms with Crippen LogP contribution in [0, 0.1) is 27.7 Å². The van der Waals surface area contributed by atoms with Crippen LogP contribution in [0.25, 0.3) is 16.7 Å². The number of rotatable bonds is 9. The maximum Gasteiger partial charge on any atom is 0.289 e. The van der Waals surface area contributed by atoms with E-state index >= 15 is 0 Å². The minimum atomic E-state index is -0.512. The van der Waals surface area contributed by atoms with Crippen LogP contribution in [-0.4, -0.2) is 58.0 Å². The molecule has 5 rings (SSSR count). The summed E-state index contributed by atoms with van der Waals surface area (Å²) in [4.78, 5) is 39.2. The van der Waals surface area contributed by atoms with Crippen LogP contribution in [0.1, 0.15) is 59.8 Å². The fourth-order valence-corrected chi connectivity index (χ4v) is 6.81. The highest BCUT2D eigenvalue weighted by Gasteiger charge is 2.34. The first-order chi connectivity index (χ1) is 20.9. The fourth-order valence-electron chi connectivity index (χ4n) is 6.43. The Labute approximate surface area is 268 Å². The number of aromatic nitrogens is 2. The Morgan fingerprint density at radius 1 is 1.07 bits per heavy atom. The average Bonchev–Trinajstić information content (AvgIpc) is 3.65. The number of nitrogens with one attached hydrogen (secondary N) is 1. The van der Waals surface area contributed by atoms with E-state index in [0.29, 0.717) is 56.0 Å². The second-order valence-corrected chi connectivity index (χ2v) is 12.6. The molecule has 1 N–H and O–H groups in total. The molecule has 0 saturated carbocycles. The number of amides is 2. The molecule has 2 aromatic carbocycles. The fraction of sp³-hybridized carbons (Fsp3) is 0.412. The minimum absolute atomic E-state index is 0.162. The highest BCUT2D eigenvalue weighted by Crippen LogP contribution is 2.45. The molecule has 8 nitrogen and oxygen atoms in total. The monoisotopic (exact) mass is 636 g/mol. The van der Waals surface area contributed by atoms with Crippen molar-refractivity contribution in [2.45, 2.75) is 66.3 Å². The van der Waals surface area contributed by atoms with Gasteiger partial charge >= 0.3 is 0 Å². The van der Waals surface area contributed by atoms with E-state index in [2.05, 4.69) is 10.4 Å². The largest absolute Gasteiger partial charge is 0.494 e. The van der Waals surface area contributed by atoms with Gasteiger partial charge in [-0.25, -0.2) is 0 Å². The molecule has 1 aliphatic carbocycles. The predicted octanol–water partition coefficient (Wildman–Crippen LogP) is 6.10. The van der Waals surface area contributed by atoms with Gasteiger partial charge < -0.3 is 15.0 Å². The Bertz CT molecular complexity index is 1680. The van der Waals surface area contributed by atoms with Crippen molar-refractivity contribution in [3.05, 3.63) is 73.5 Å². The summed E-state index contributed by atoms with van der Waals surface area (Å²) in [6.45, 7) is 10.4. The molecule has 0 spiro atoms. The summed E-state index contributed by atoms with van der Waals surface area (Å²) in [5.41, 5.74) is 9.40. The number of carbonyl (C=O) groups is 3. The van der Waals surface area contributed by atoms with Crippen molar-refractivity contribution in [2.24, 2.45) is 7.05 Å². The number of halogens is 2. The first-order valence-corrected chi connectivity index (χ1v) is 15.7. The molecular weight excluding hydrogens is 599 g/mol. The van der Waals surface area contributed by atoms with Gasteiger partial charge in [0.05, 0.1) is 12.3 Å². The van der Waals surface area contributed by atoms with E-state index in [1.807, 2.05) is 63.7 Å². The minimum Gasteiger partial charge on any atom is -0.494 e. The molecule has 1 atom stereocenters. The number of ether oxygens (including phenoxy) is 1. The number of allylic oxidation sites excluding steroid dienone is 1. The van der Waals surface area contributed by atoms with Gasteiger partial charge in [-0.2, -0.15) is 5.10 Å². The van der Waals surface area contributed by atoms with E-state index in [-0.39, 0.29) is 11.9 Å². The van der Waals surface area contributed by atoms with Crippen LogP contribution in [-0.2, 0) is 27.9 Å². The molecule has 2 amide bonds. The highest BCUT2D eigenvalue weighted by molar-refractivity contribution is 6.35. The maximum atomic E-state index is 13.9. The lowest BCUT2D eigenvalue weighted by Crippen LogP contribution is -2.40. The molecule has 1 fully saturated rings. The molecule has 0 radical (unpaired) electrons. The van der Waals surface area contributed by atoms with E-state index in [4.69, 9.17) is 27.9 Å². The van der Waals surface area contributed by atoms with Crippen LogP contribution in [0.15, 0.2) is 29.8 Å². The van der Waals surface area contributed by atoms with Crippen LogP contribution in [0.4, 0.5) is 0 Å². The molecule has 10 heteroatoms. The van der Waals surface area contributed by atoms with E-state index in [9.17, 15) is 14.4 Å². The quantitative estimate of drug-likeness (QED) is 0.226. The summed E-state index contributed by atoms with van der Waals surface area (Å²) >= 11 is 13.2. The Balaban J connectivity index is 1.42. The third-order valence-electron chi connectivity index (χ3n) is 8.70. The Morgan fingerprint density at radius 2 is 1.77 bits per heavy atom. The van der Waals surface area contributed by atoms with Crippen molar-refractivity contribution >= 4 is 46.4 Å². The van der Waals surface area contributed by atoms with Gasteiger partial charge in [0.1, 0.15) is 5.75 Å². The lowest BCUT2D eigenvalue weighted by molar-refractivity contribution is -0.142. The molecule has 1 aromatic heterocycles. The molecule has 232 valence electrons. The van der Waals surface area contributed by atoms with Crippen LogP contribution in [0.3, 0.4) is 0 Å². The summed E-state index contributed by atoms with van der Waals surface area (Å²) < 4.78 is 7.94. The molecule has 1 saturated heterocycles. The third kappa shape index (κ3) is 6.15. The van der Waals surface area contributed by atoms with Crippen molar-refractivity contribution in [2.75, 3.05) is 19.7 Å². The zero-order valence-electron chi connectivity index (χ0n) is 26.1. The van der Waals surface area contributed by atoms with E-state index in [1.165, 1.54) is 11.8 Å². The van der Waals surface area contributed by atoms with Crippen molar-refractivity contribution in [1.82, 2.24) is 20.0 Å². The van der Waals surface area contributed by atoms with Crippen molar-refractivity contribution < 1.29 is 19.1 Å². The van der Waals surface area contributed by atoms with Gasteiger partial charge in [-0.15, -0.1) is 0 Å². The number of fused-ring (bicyclic) bond motifs is 1. The maximum absolute atomic E-state index is 13.9. The summed E-state index contributed by atoms with van der Waals surface area (Å²) in [5.74, 6) is -0.400.